The Bertz CT molecular complexity index is 708. The van der Waals surface area contributed by atoms with Gasteiger partial charge in [0.2, 0.25) is 5.91 Å². The van der Waals surface area contributed by atoms with Gasteiger partial charge in [0.05, 0.1) is 0 Å². The quantitative estimate of drug-likeness (QED) is 0.840. The van der Waals surface area contributed by atoms with Crippen LogP contribution in [0.3, 0.4) is 0 Å². The fourth-order valence-electron chi connectivity index (χ4n) is 2.84. The summed E-state index contributed by atoms with van der Waals surface area (Å²) in [6, 6.07) is 5.56. The number of hydrogen-bond donors (Lipinski definition) is 2. The highest BCUT2D eigenvalue weighted by Crippen LogP contribution is 2.20. The summed E-state index contributed by atoms with van der Waals surface area (Å²) in [6.07, 6.45) is 6.57. The van der Waals surface area contributed by atoms with E-state index in [9.17, 15) is 9.59 Å². The Kier molecular flexibility index (Phi) is 5.30. The number of H-pyrrole nitrogens is 1. The van der Waals surface area contributed by atoms with Crippen molar-refractivity contribution < 1.29 is 9.59 Å². The molecule has 6 nitrogen and oxygen atoms in total. The van der Waals surface area contributed by atoms with Gasteiger partial charge in [0, 0.05) is 48.6 Å². The highest BCUT2D eigenvalue weighted by Gasteiger charge is 2.28. The molecule has 126 valence electrons. The van der Waals surface area contributed by atoms with E-state index >= 15 is 0 Å². The summed E-state index contributed by atoms with van der Waals surface area (Å²) in [5.41, 5.74) is 1.55. The molecule has 0 bridgehead atoms. The normalized spacial score (nSPS) is 15.3. The van der Waals surface area contributed by atoms with Crippen molar-refractivity contribution in [1.82, 2.24) is 20.2 Å². The van der Waals surface area contributed by atoms with Gasteiger partial charge in [-0.25, -0.2) is 0 Å². The molecule has 0 aromatic carbocycles. The molecular formula is C17H19BrN4O2. The van der Waals surface area contributed by atoms with Gasteiger partial charge in [-0.15, -0.1) is 0 Å². The van der Waals surface area contributed by atoms with E-state index in [0.29, 0.717) is 38.2 Å². The van der Waals surface area contributed by atoms with Crippen molar-refractivity contribution in [3.8, 4) is 0 Å². The van der Waals surface area contributed by atoms with Gasteiger partial charge in [-0.05, 0) is 46.5 Å². The molecule has 0 spiro atoms. The van der Waals surface area contributed by atoms with Gasteiger partial charge >= 0.3 is 0 Å². The number of nitrogens with zero attached hydrogens (tertiary/aromatic N) is 2. The van der Waals surface area contributed by atoms with E-state index in [2.05, 4.69) is 31.2 Å². The highest BCUT2D eigenvalue weighted by atomic mass is 79.9. The molecule has 1 aliphatic heterocycles. The van der Waals surface area contributed by atoms with Crippen molar-refractivity contribution in [3.63, 3.8) is 0 Å². The highest BCUT2D eigenvalue weighted by molar-refractivity contribution is 9.10. The molecule has 2 N–H and O–H groups in total. The lowest BCUT2D eigenvalue weighted by molar-refractivity contribution is -0.126. The van der Waals surface area contributed by atoms with E-state index < -0.39 is 0 Å². The van der Waals surface area contributed by atoms with E-state index in [1.807, 2.05) is 12.1 Å². The maximum absolute atomic E-state index is 12.4. The van der Waals surface area contributed by atoms with Crippen LogP contribution in [0.15, 0.2) is 41.3 Å². The van der Waals surface area contributed by atoms with Gasteiger partial charge in [-0.1, -0.05) is 6.07 Å². The van der Waals surface area contributed by atoms with E-state index in [1.54, 1.807) is 29.6 Å². The minimum Gasteiger partial charge on any atom is -0.356 e. The number of halogens is 1. The first-order valence-corrected chi connectivity index (χ1v) is 8.72. The minimum atomic E-state index is -0.0406. The Morgan fingerprint density at radius 1 is 1.38 bits per heavy atom. The second kappa shape index (κ2) is 7.61. The third kappa shape index (κ3) is 4.03. The first-order chi connectivity index (χ1) is 11.6. The number of carbonyl (C=O) groups excluding carboxylic acids is 2. The molecule has 0 aliphatic carbocycles. The summed E-state index contributed by atoms with van der Waals surface area (Å²) in [4.78, 5) is 33.4. The Labute approximate surface area is 148 Å². The molecule has 2 amide bonds. The Balaban J connectivity index is 1.47. The van der Waals surface area contributed by atoms with Crippen LogP contribution in [0.5, 0.6) is 0 Å². The van der Waals surface area contributed by atoms with E-state index in [4.69, 9.17) is 0 Å². The Morgan fingerprint density at radius 3 is 2.79 bits per heavy atom. The lowest BCUT2D eigenvalue weighted by atomic mass is 9.95. The van der Waals surface area contributed by atoms with Crippen molar-refractivity contribution in [2.24, 2.45) is 5.92 Å². The van der Waals surface area contributed by atoms with E-state index in [1.165, 1.54) is 0 Å². The van der Waals surface area contributed by atoms with Crippen LogP contribution in [0.25, 0.3) is 0 Å². The average molecular weight is 391 g/mol. The van der Waals surface area contributed by atoms with Crippen molar-refractivity contribution >= 4 is 27.7 Å². The lowest BCUT2D eigenvalue weighted by Crippen LogP contribution is -2.43. The number of hydrogen-bond acceptors (Lipinski definition) is 3. The number of amides is 2. The second-order valence-corrected chi connectivity index (χ2v) is 6.79. The summed E-state index contributed by atoms with van der Waals surface area (Å²) in [5, 5.41) is 2.95. The predicted octanol–water partition coefficient (Wildman–Crippen LogP) is 2.34. The summed E-state index contributed by atoms with van der Waals surface area (Å²) in [6.45, 7) is 1.68. The number of rotatable bonds is 4. The van der Waals surface area contributed by atoms with Gasteiger partial charge in [-0.2, -0.15) is 0 Å². The van der Waals surface area contributed by atoms with Crippen LogP contribution < -0.4 is 5.32 Å². The van der Waals surface area contributed by atoms with Crippen LogP contribution in [0.4, 0.5) is 0 Å². The molecule has 1 fully saturated rings. The SMILES string of the molecule is O=C(NCc1cccnc1)C1CCN(C(=O)c2cc(Br)c[nH]2)CC1. The number of aromatic amines is 1. The molecule has 0 saturated carbocycles. The van der Waals surface area contributed by atoms with Gasteiger partial charge in [0.15, 0.2) is 0 Å². The molecule has 1 aliphatic rings. The van der Waals surface area contributed by atoms with E-state index in [0.717, 1.165) is 10.0 Å². The Hall–Kier alpha value is -2.15. The molecular weight excluding hydrogens is 372 g/mol. The second-order valence-electron chi connectivity index (χ2n) is 5.88. The fraction of sp³-hybridized carbons (Fsp3) is 0.353. The predicted molar refractivity (Wildman–Crippen MR) is 93.2 cm³/mol. The summed E-state index contributed by atoms with van der Waals surface area (Å²) in [5.74, 6) is -0.00964. The Morgan fingerprint density at radius 2 is 2.17 bits per heavy atom. The topological polar surface area (TPSA) is 78.1 Å². The van der Waals surface area contributed by atoms with Crippen LogP contribution in [0.1, 0.15) is 28.9 Å². The van der Waals surface area contributed by atoms with Crippen LogP contribution in [-0.4, -0.2) is 39.8 Å². The van der Waals surface area contributed by atoms with Crippen molar-refractivity contribution in [2.75, 3.05) is 13.1 Å². The van der Waals surface area contributed by atoms with Crippen molar-refractivity contribution in [2.45, 2.75) is 19.4 Å². The third-order valence-electron chi connectivity index (χ3n) is 4.22. The molecule has 1 saturated heterocycles. The summed E-state index contributed by atoms with van der Waals surface area (Å²) >= 11 is 3.33. The zero-order valence-electron chi connectivity index (χ0n) is 13.2. The summed E-state index contributed by atoms with van der Waals surface area (Å²) in [7, 11) is 0. The third-order valence-corrected chi connectivity index (χ3v) is 4.68. The number of aromatic nitrogens is 2. The molecule has 2 aromatic rings. The van der Waals surface area contributed by atoms with Gasteiger partial charge in [0.25, 0.3) is 5.91 Å². The first-order valence-electron chi connectivity index (χ1n) is 7.93. The first kappa shape index (κ1) is 16.7. The molecule has 0 unspecified atom stereocenters. The molecule has 3 heterocycles. The zero-order valence-corrected chi connectivity index (χ0v) is 14.8. The molecule has 0 atom stereocenters. The summed E-state index contributed by atoms with van der Waals surface area (Å²) < 4.78 is 0.857. The maximum atomic E-state index is 12.4. The number of carbonyl (C=O) groups is 2. The van der Waals surface area contributed by atoms with Gasteiger partial charge < -0.3 is 15.2 Å². The van der Waals surface area contributed by atoms with Crippen LogP contribution >= 0.6 is 15.9 Å². The monoisotopic (exact) mass is 390 g/mol. The standard InChI is InChI=1S/C17H19BrN4O2/c18-14-8-15(20-11-14)17(24)22-6-3-13(4-7-22)16(23)21-10-12-2-1-5-19-9-12/h1-2,5,8-9,11,13,20H,3-4,6-7,10H2,(H,21,23). The number of piperidine rings is 1. The van der Waals surface area contributed by atoms with E-state index in [-0.39, 0.29) is 17.7 Å². The van der Waals surface area contributed by atoms with Crippen LogP contribution in [-0.2, 0) is 11.3 Å². The number of likely N-dealkylation sites (tertiary alicyclic amines) is 1. The minimum absolute atomic E-state index is 0.0186. The van der Waals surface area contributed by atoms with Crippen LogP contribution in [0.2, 0.25) is 0 Å². The molecule has 3 rings (SSSR count). The van der Waals surface area contributed by atoms with Crippen LogP contribution in [0, 0.1) is 5.92 Å². The molecule has 7 heteroatoms. The smallest absolute Gasteiger partial charge is 0.270 e. The van der Waals surface area contributed by atoms with Gasteiger partial charge in [-0.3, -0.25) is 14.6 Å². The van der Waals surface area contributed by atoms with Crippen molar-refractivity contribution in [3.05, 3.63) is 52.5 Å². The number of pyridine rings is 1. The zero-order chi connectivity index (χ0) is 16.9. The maximum Gasteiger partial charge on any atom is 0.270 e. The molecule has 0 radical (unpaired) electrons. The largest absolute Gasteiger partial charge is 0.356 e. The average Bonchev–Trinajstić information content (AvgIpc) is 3.06. The number of nitrogens with one attached hydrogen (secondary N) is 2. The lowest BCUT2D eigenvalue weighted by Gasteiger charge is -2.31. The van der Waals surface area contributed by atoms with Gasteiger partial charge in [0.1, 0.15) is 5.69 Å². The fourth-order valence-corrected chi connectivity index (χ4v) is 3.19. The molecule has 2 aromatic heterocycles. The molecule has 24 heavy (non-hydrogen) atoms. The van der Waals surface area contributed by atoms with Crippen molar-refractivity contribution in [1.29, 1.82) is 0 Å².